The summed E-state index contributed by atoms with van der Waals surface area (Å²) in [6, 6.07) is 1.95. The van der Waals surface area contributed by atoms with E-state index >= 15 is 0 Å². The van der Waals surface area contributed by atoms with Gasteiger partial charge in [0.2, 0.25) is 0 Å². The topological polar surface area (TPSA) is 57.0 Å². The molecule has 0 atom stereocenters. The number of anilines is 1. The van der Waals surface area contributed by atoms with Gasteiger partial charge in [-0.1, -0.05) is 25.1 Å². The van der Waals surface area contributed by atoms with Crippen LogP contribution in [0.15, 0.2) is 26.7 Å². The van der Waals surface area contributed by atoms with Crippen molar-refractivity contribution in [2.24, 2.45) is 7.05 Å². The molecule has 0 saturated heterocycles. The van der Waals surface area contributed by atoms with E-state index in [1.54, 1.807) is 18.0 Å². The summed E-state index contributed by atoms with van der Waals surface area (Å²) < 4.78 is 7.12. The van der Waals surface area contributed by atoms with Crippen molar-refractivity contribution in [3.63, 3.8) is 0 Å². The van der Waals surface area contributed by atoms with Gasteiger partial charge in [0, 0.05) is 7.05 Å². The molecule has 0 aromatic carbocycles. The van der Waals surface area contributed by atoms with Crippen molar-refractivity contribution in [2.45, 2.75) is 36.6 Å². The fourth-order valence-electron chi connectivity index (χ4n) is 1.70. The number of hydrogen-bond acceptors (Lipinski definition) is 4. The van der Waals surface area contributed by atoms with Crippen molar-refractivity contribution in [1.29, 1.82) is 0 Å². The highest BCUT2D eigenvalue weighted by Gasteiger charge is 2.15. The summed E-state index contributed by atoms with van der Waals surface area (Å²) in [7, 11) is 1.92. The van der Waals surface area contributed by atoms with Crippen LogP contribution in [0.1, 0.15) is 24.8 Å². The molecular weight excluding hydrogens is 234 g/mol. The van der Waals surface area contributed by atoms with Gasteiger partial charge in [-0.2, -0.15) is 5.10 Å². The number of nitrogens with zero attached hydrogens (tertiary/aromatic N) is 2. The van der Waals surface area contributed by atoms with Crippen LogP contribution in [-0.2, 0) is 13.5 Å². The Hall–Kier alpha value is -1.36. The predicted molar refractivity (Wildman–Crippen MR) is 69.2 cm³/mol. The Morgan fingerprint density at radius 1 is 1.53 bits per heavy atom. The Balaban J connectivity index is 2.30. The minimum Gasteiger partial charge on any atom is -0.468 e. The molecule has 0 aliphatic carbocycles. The first-order chi connectivity index (χ1) is 8.13. The summed E-state index contributed by atoms with van der Waals surface area (Å²) in [6.45, 7) is 4.07. The zero-order chi connectivity index (χ0) is 12.4. The molecule has 17 heavy (non-hydrogen) atoms. The smallest absolute Gasteiger partial charge is 0.122 e. The number of nitrogens with two attached hydrogens (primary N) is 1. The first-order valence-electron chi connectivity index (χ1n) is 5.66. The second-order valence-corrected chi connectivity index (χ2v) is 5.01. The first-order valence-corrected chi connectivity index (χ1v) is 6.48. The quantitative estimate of drug-likeness (QED) is 0.907. The van der Waals surface area contributed by atoms with Gasteiger partial charge in [0.25, 0.3) is 0 Å². The standard InChI is InChI=1S/C12H17N3OS/c1-4-5-9-11(13)12(15(3)14-9)17-10-6-7-16-8(10)2/h6-7H,4-5,13H2,1-3H3. The molecule has 5 heteroatoms. The maximum Gasteiger partial charge on any atom is 0.122 e. The van der Waals surface area contributed by atoms with Crippen molar-refractivity contribution in [3.05, 3.63) is 23.8 Å². The van der Waals surface area contributed by atoms with Crippen LogP contribution in [-0.4, -0.2) is 9.78 Å². The zero-order valence-electron chi connectivity index (χ0n) is 10.4. The second kappa shape index (κ2) is 4.87. The lowest BCUT2D eigenvalue weighted by atomic mass is 10.2. The van der Waals surface area contributed by atoms with Gasteiger partial charge in [0.15, 0.2) is 0 Å². The van der Waals surface area contributed by atoms with E-state index in [0.717, 1.165) is 39.9 Å². The molecule has 2 N–H and O–H groups in total. The van der Waals surface area contributed by atoms with E-state index in [9.17, 15) is 0 Å². The van der Waals surface area contributed by atoms with Gasteiger partial charge < -0.3 is 10.2 Å². The van der Waals surface area contributed by atoms with Crippen LogP contribution in [0.4, 0.5) is 5.69 Å². The normalized spacial score (nSPS) is 11.0. The van der Waals surface area contributed by atoms with Crippen molar-refractivity contribution in [1.82, 2.24) is 9.78 Å². The van der Waals surface area contributed by atoms with Crippen LogP contribution in [0, 0.1) is 6.92 Å². The number of aromatic nitrogens is 2. The number of aryl methyl sites for hydroxylation is 3. The summed E-state index contributed by atoms with van der Waals surface area (Å²) in [6.07, 6.45) is 3.66. The number of rotatable bonds is 4. The molecule has 0 amide bonds. The van der Waals surface area contributed by atoms with Gasteiger partial charge in [-0.25, -0.2) is 0 Å². The Labute approximate surface area is 105 Å². The molecule has 0 unspecified atom stereocenters. The monoisotopic (exact) mass is 251 g/mol. The Bertz CT molecular complexity index is 516. The van der Waals surface area contributed by atoms with Crippen LogP contribution in [0.2, 0.25) is 0 Å². The summed E-state index contributed by atoms with van der Waals surface area (Å²) in [5.74, 6) is 0.910. The second-order valence-electron chi connectivity index (χ2n) is 3.98. The highest BCUT2D eigenvalue weighted by Crippen LogP contribution is 2.35. The molecule has 92 valence electrons. The molecule has 2 aromatic rings. The van der Waals surface area contributed by atoms with Gasteiger partial charge in [-0.05, 0) is 19.4 Å². The fraction of sp³-hybridized carbons (Fsp3) is 0.417. The third-order valence-electron chi connectivity index (χ3n) is 2.61. The maximum atomic E-state index is 6.12. The fourth-order valence-corrected chi connectivity index (χ4v) is 2.63. The molecule has 0 fully saturated rings. The van der Waals surface area contributed by atoms with E-state index in [0.29, 0.717) is 0 Å². The molecule has 0 bridgehead atoms. The van der Waals surface area contributed by atoms with E-state index in [1.165, 1.54) is 0 Å². The average Bonchev–Trinajstić information content (AvgIpc) is 2.79. The lowest BCUT2D eigenvalue weighted by molar-refractivity contribution is 0.526. The summed E-state index contributed by atoms with van der Waals surface area (Å²) in [5.41, 5.74) is 7.90. The van der Waals surface area contributed by atoms with Crippen LogP contribution in [0.25, 0.3) is 0 Å². The van der Waals surface area contributed by atoms with Crippen LogP contribution in [0.5, 0.6) is 0 Å². The lowest BCUT2D eigenvalue weighted by Gasteiger charge is -2.01. The van der Waals surface area contributed by atoms with Crippen LogP contribution >= 0.6 is 11.8 Å². The lowest BCUT2D eigenvalue weighted by Crippen LogP contribution is -1.93. The molecule has 4 nitrogen and oxygen atoms in total. The van der Waals surface area contributed by atoms with Crippen molar-refractivity contribution in [2.75, 3.05) is 5.73 Å². The number of nitrogen functional groups attached to an aromatic ring is 1. The van der Waals surface area contributed by atoms with Gasteiger partial charge in [0.05, 0.1) is 22.5 Å². The Morgan fingerprint density at radius 3 is 2.88 bits per heavy atom. The highest BCUT2D eigenvalue weighted by molar-refractivity contribution is 7.99. The molecule has 2 heterocycles. The average molecular weight is 251 g/mol. The number of hydrogen-bond donors (Lipinski definition) is 1. The van der Waals surface area contributed by atoms with Crippen LogP contribution < -0.4 is 5.73 Å². The minimum atomic E-state index is 0.792. The molecule has 2 rings (SSSR count). The minimum absolute atomic E-state index is 0.792. The Morgan fingerprint density at radius 2 is 2.29 bits per heavy atom. The van der Waals surface area contributed by atoms with Gasteiger partial charge in [-0.3, -0.25) is 4.68 Å². The summed E-state index contributed by atoms with van der Waals surface area (Å²) in [5, 5.41) is 5.43. The highest BCUT2D eigenvalue weighted by atomic mass is 32.2. The first kappa shape index (κ1) is 12.1. The summed E-state index contributed by atoms with van der Waals surface area (Å²) >= 11 is 1.60. The molecule has 0 radical (unpaired) electrons. The molecule has 0 aliphatic rings. The third-order valence-corrected chi connectivity index (χ3v) is 3.93. The maximum absolute atomic E-state index is 6.12. The SMILES string of the molecule is CCCc1nn(C)c(Sc2ccoc2C)c1N. The number of furan rings is 1. The van der Waals surface area contributed by atoms with E-state index in [2.05, 4.69) is 12.0 Å². The summed E-state index contributed by atoms with van der Waals surface area (Å²) in [4.78, 5) is 1.09. The molecule has 0 spiro atoms. The predicted octanol–water partition coefficient (Wildman–Crippen LogP) is 3.01. The van der Waals surface area contributed by atoms with E-state index in [4.69, 9.17) is 10.2 Å². The zero-order valence-corrected chi connectivity index (χ0v) is 11.2. The largest absolute Gasteiger partial charge is 0.468 e. The van der Waals surface area contributed by atoms with E-state index in [-0.39, 0.29) is 0 Å². The molecule has 2 aromatic heterocycles. The van der Waals surface area contributed by atoms with E-state index < -0.39 is 0 Å². The van der Waals surface area contributed by atoms with Crippen LogP contribution in [0.3, 0.4) is 0 Å². The van der Waals surface area contributed by atoms with E-state index in [1.807, 2.05) is 24.7 Å². The van der Waals surface area contributed by atoms with Crippen molar-refractivity contribution >= 4 is 17.4 Å². The van der Waals surface area contributed by atoms with Crippen molar-refractivity contribution < 1.29 is 4.42 Å². The Kier molecular flexibility index (Phi) is 3.47. The van der Waals surface area contributed by atoms with Gasteiger partial charge in [0.1, 0.15) is 10.8 Å². The van der Waals surface area contributed by atoms with Gasteiger partial charge in [-0.15, -0.1) is 0 Å². The molecule has 0 saturated carbocycles. The van der Waals surface area contributed by atoms with Crippen molar-refractivity contribution in [3.8, 4) is 0 Å². The van der Waals surface area contributed by atoms with Gasteiger partial charge >= 0.3 is 0 Å². The molecular formula is C12H17N3OS. The third kappa shape index (κ3) is 2.34. The molecule has 0 aliphatic heterocycles.